The molecule has 1 aliphatic heterocycles. The summed E-state index contributed by atoms with van der Waals surface area (Å²) in [6.07, 6.45) is 0.643. The Morgan fingerprint density at radius 3 is 2.79 bits per heavy atom. The van der Waals surface area contributed by atoms with E-state index >= 15 is 0 Å². The van der Waals surface area contributed by atoms with E-state index in [0.717, 1.165) is 0 Å². The summed E-state index contributed by atoms with van der Waals surface area (Å²) in [6.45, 7) is 0.444. The molecule has 1 aliphatic rings. The topological polar surface area (TPSA) is 59.0 Å². The normalized spacial score (nSPS) is 22.6. The number of rotatable bonds is 4. The molecule has 104 valence electrons. The Morgan fingerprint density at radius 1 is 1.42 bits per heavy atom. The molecule has 1 N–H and O–H groups in total. The van der Waals surface area contributed by atoms with Gasteiger partial charge in [0.25, 0.3) is 5.91 Å². The zero-order valence-electron chi connectivity index (χ0n) is 11.2. The van der Waals surface area contributed by atoms with Crippen LogP contribution in [-0.2, 0) is 4.74 Å². The maximum atomic E-state index is 12.5. The van der Waals surface area contributed by atoms with Gasteiger partial charge >= 0.3 is 0 Å². The van der Waals surface area contributed by atoms with E-state index < -0.39 is 0 Å². The maximum absolute atomic E-state index is 12.5. The maximum Gasteiger partial charge on any atom is 0.258 e. The van der Waals surface area contributed by atoms with Crippen molar-refractivity contribution in [1.82, 2.24) is 4.90 Å². The third kappa shape index (κ3) is 2.72. The Morgan fingerprint density at radius 2 is 2.16 bits per heavy atom. The minimum absolute atomic E-state index is 0.0178. The molecule has 0 saturated carbocycles. The second kappa shape index (κ2) is 6.04. The van der Waals surface area contributed by atoms with Gasteiger partial charge in [-0.2, -0.15) is 0 Å². The van der Waals surface area contributed by atoms with Crippen LogP contribution >= 0.6 is 0 Å². The van der Waals surface area contributed by atoms with Crippen molar-refractivity contribution in [2.24, 2.45) is 0 Å². The Kier molecular flexibility index (Phi) is 4.39. The van der Waals surface area contributed by atoms with Crippen molar-refractivity contribution in [3.63, 3.8) is 0 Å². The second-order valence-corrected chi connectivity index (χ2v) is 4.59. The predicted molar refractivity (Wildman–Crippen MR) is 70.3 cm³/mol. The van der Waals surface area contributed by atoms with E-state index in [2.05, 4.69) is 0 Å². The number of para-hydroxylation sites is 1. The summed E-state index contributed by atoms with van der Waals surface area (Å²) in [5.41, 5.74) is 0.514. The second-order valence-electron chi connectivity index (χ2n) is 4.59. The van der Waals surface area contributed by atoms with Gasteiger partial charge in [0, 0.05) is 13.7 Å². The molecule has 0 aliphatic carbocycles. The van der Waals surface area contributed by atoms with E-state index in [-0.39, 0.29) is 24.7 Å². The van der Waals surface area contributed by atoms with Crippen LogP contribution in [0, 0.1) is 0 Å². The third-order valence-electron chi connectivity index (χ3n) is 3.52. The van der Waals surface area contributed by atoms with Crippen LogP contribution in [0.1, 0.15) is 16.8 Å². The number of methoxy groups -OCH3 is 2. The first kappa shape index (κ1) is 13.8. The lowest BCUT2D eigenvalue weighted by atomic mass is 10.1. The Bertz CT molecular complexity index is 449. The standard InChI is InChI=1S/C14H19NO4/c1-18-11-7-10(9-16)15(8-11)14(17)12-5-3-4-6-13(12)19-2/h3-6,10-11,16H,7-9H2,1-2H3/t10-,11-/m0/s1. The average Bonchev–Trinajstić information content (AvgIpc) is 2.89. The number of nitrogens with zero attached hydrogens (tertiary/aromatic N) is 1. The summed E-state index contributed by atoms with van der Waals surface area (Å²) in [5.74, 6) is 0.418. The fourth-order valence-corrected chi connectivity index (χ4v) is 2.44. The van der Waals surface area contributed by atoms with Gasteiger partial charge in [-0.25, -0.2) is 0 Å². The zero-order chi connectivity index (χ0) is 13.8. The number of carbonyl (C=O) groups is 1. The highest BCUT2D eigenvalue weighted by molar-refractivity contribution is 5.97. The first-order chi connectivity index (χ1) is 9.21. The van der Waals surface area contributed by atoms with Crippen molar-refractivity contribution < 1.29 is 19.4 Å². The quantitative estimate of drug-likeness (QED) is 0.879. The molecule has 1 aromatic rings. The summed E-state index contributed by atoms with van der Waals surface area (Å²) in [6, 6.07) is 6.91. The van der Waals surface area contributed by atoms with E-state index in [0.29, 0.717) is 24.3 Å². The fraction of sp³-hybridized carbons (Fsp3) is 0.500. The van der Waals surface area contributed by atoms with Crippen LogP contribution in [0.15, 0.2) is 24.3 Å². The van der Waals surface area contributed by atoms with Crippen molar-refractivity contribution in [3.8, 4) is 5.75 Å². The molecule has 1 saturated heterocycles. The van der Waals surface area contributed by atoms with Crippen LogP contribution in [0.2, 0.25) is 0 Å². The molecule has 0 spiro atoms. The minimum Gasteiger partial charge on any atom is -0.496 e. The number of ether oxygens (including phenoxy) is 2. The lowest BCUT2D eigenvalue weighted by Crippen LogP contribution is -2.38. The number of hydrogen-bond donors (Lipinski definition) is 1. The number of benzene rings is 1. The average molecular weight is 265 g/mol. The molecule has 1 aromatic carbocycles. The van der Waals surface area contributed by atoms with E-state index in [4.69, 9.17) is 9.47 Å². The SMILES string of the molecule is COc1ccccc1C(=O)N1C[C@@H](OC)C[C@H]1CO. The third-order valence-corrected chi connectivity index (χ3v) is 3.52. The molecule has 1 amide bonds. The number of carbonyl (C=O) groups excluding carboxylic acids is 1. The molecule has 5 heteroatoms. The summed E-state index contributed by atoms with van der Waals surface area (Å²) in [5, 5.41) is 9.39. The zero-order valence-corrected chi connectivity index (χ0v) is 11.2. The van der Waals surface area contributed by atoms with Gasteiger partial charge < -0.3 is 19.5 Å². The van der Waals surface area contributed by atoms with E-state index in [1.165, 1.54) is 7.11 Å². The summed E-state index contributed by atoms with van der Waals surface area (Å²) in [7, 11) is 3.16. The van der Waals surface area contributed by atoms with Gasteiger partial charge in [0.05, 0.1) is 31.4 Å². The van der Waals surface area contributed by atoms with Gasteiger partial charge in [-0.3, -0.25) is 4.79 Å². The Hall–Kier alpha value is -1.59. The lowest BCUT2D eigenvalue weighted by molar-refractivity contribution is 0.0644. The van der Waals surface area contributed by atoms with E-state index in [9.17, 15) is 9.90 Å². The van der Waals surface area contributed by atoms with Crippen LogP contribution in [-0.4, -0.2) is 55.4 Å². The fourth-order valence-electron chi connectivity index (χ4n) is 2.44. The molecule has 1 fully saturated rings. The number of aliphatic hydroxyl groups excluding tert-OH is 1. The molecule has 0 unspecified atom stereocenters. The first-order valence-corrected chi connectivity index (χ1v) is 6.29. The molecule has 5 nitrogen and oxygen atoms in total. The Balaban J connectivity index is 2.23. The van der Waals surface area contributed by atoms with Gasteiger partial charge in [0.15, 0.2) is 0 Å². The largest absolute Gasteiger partial charge is 0.496 e. The number of aliphatic hydroxyl groups is 1. The molecular weight excluding hydrogens is 246 g/mol. The Labute approximate surface area is 112 Å². The van der Waals surface area contributed by atoms with Gasteiger partial charge in [-0.15, -0.1) is 0 Å². The van der Waals surface area contributed by atoms with Crippen LogP contribution in [0.4, 0.5) is 0 Å². The molecule has 0 radical (unpaired) electrons. The van der Waals surface area contributed by atoms with Crippen molar-refractivity contribution >= 4 is 5.91 Å². The first-order valence-electron chi connectivity index (χ1n) is 6.29. The van der Waals surface area contributed by atoms with E-state index in [1.807, 2.05) is 6.07 Å². The smallest absolute Gasteiger partial charge is 0.258 e. The monoisotopic (exact) mass is 265 g/mol. The molecule has 0 aromatic heterocycles. The highest BCUT2D eigenvalue weighted by Gasteiger charge is 2.36. The van der Waals surface area contributed by atoms with Crippen molar-refractivity contribution in [2.45, 2.75) is 18.6 Å². The predicted octanol–water partition coefficient (Wildman–Crippen LogP) is 0.917. The van der Waals surface area contributed by atoms with Gasteiger partial charge in [-0.05, 0) is 18.6 Å². The number of amides is 1. The summed E-state index contributed by atoms with van der Waals surface area (Å²) in [4.78, 5) is 14.2. The van der Waals surface area contributed by atoms with Crippen LogP contribution in [0.5, 0.6) is 5.75 Å². The molecule has 2 atom stereocenters. The van der Waals surface area contributed by atoms with Gasteiger partial charge in [0.2, 0.25) is 0 Å². The molecule has 1 heterocycles. The highest BCUT2D eigenvalue weighted by atomic mass is 16.5. The number of likely N-dealkylation sites (tertiary alicyclic amines) is 1. The van der Waals surface area contributed by atoms with Crippen molar-refractivity contribution in [3.05, 3.63) is 29.8 Å². The minimum atomic E-state index is -0.192. The molecule has 0 bridgehead atoms. The molecular formula is C14H19NO4. The summed E-state index contributed by atoms with van der Waals surface area (Å²) < 4.78 is 10.5. The van der Waals surface area contributed by atoms with E-state index in [1.54, 1.807) is 30.2 Å². The number of hydrogen-bond acceptors (Lipinski definition) is 4. The molecule has 2 rings (SSSR count). The lowest BCUT2D eigenvalue weighted by Gasteiger charge is -2.23. The van der Waals surface area contributed by atoms with Crippen LogP contribution in [0.3, 0.4) is 0 Å². The summed E-state index contributed by atoms with van der Waals surface area (Å²) >= 11 is 0. The van der Waals surface area contributed by atoms with Gasteiger partial charge in [-0.1, -0.05) is 12.1 Å². The van der Waals surface area contributed by atoms with Gasteiger partial charge in [0.1, 0.15) is 5.75 Å². The van der Waals surface area contributed by atoms with Crippen molar-refractivity contribution in [1.29, 1.82) is 0 Å². The van der Waals surface area contributed by atoms with Crippen LogP contribution in [0.25, 0.3) is 0 Å². The highest BCUT2D eigenvalue weighted by Crippen LogP contribution is 2.25. The van der Waals surface area contributed by atoms with Crippen molar-refractivity contribution in [2.75, 3.05) is 27.4 Å². The van der Waals surface area contributed by atoms with Crippen LogP contribution < -0.4 is 4.74 Å². The molecule has 19 heavy (non-hydrogen) atoms.